The first kappa shape index (κ1) is 91.1. The predicted octanol–water partition coefficient (Wildman–Crippen LogP) is 16.0. The van der Waals surface area contributed by atoms with Crippen molar-refractivity contribution in [3.63, 3.8) is 0 Å². The maximum atomic E-state index is 15.1. The number of carbonyl (C=O) groups excluding carboxylic acids is 5. The Hall–Kier alpha value is -10.0. The molecule has 4 aliphatic rings. The van der Waals surface area contributed by atoms with Gasteiger partial charge in [0, 0.05) is 126 Å². The number of Topliss-reactive ketones (excluding diaryl/α,β-unsaturated/α-hetero) is 1. The number of hydroxylamine groups is 1. The quantitative estimate of drug-likeness (QED) is 0.00690. The summed E-state index contributed by atoms with van der Waals surface area (Å²) >= 11 is 9.86. The van der Waals surface area contributed by atoms with Crippen LogP contribution in [-0.2, 0) is 60.9 Å². The minimum absolute atomic E-state index is 0.0278. The van der Waals surface area contributed by atoms with Crippen molar-refractivity contribution in [1.29, 1.82) is 0 Å². The number of aromatic nitrogens is 1. The monoisotopic (exact) mass is 2130 g/mol. The Morgan fingerprint density at radius 2 is 1.18 bits per heavy atom. The highest BCUT2D eigenvalue weighted by molar-refractivity contribution is 14.1. The number of halogens is 9. The third kappa shape index (κ3) is 23.4. The number of carboxylic acids is 2. The van der Waals surface area contributed by atoms with Gasteiger partial charge in [-0.15, -0.1) is 0 Å². The molecule has 5 heterocycles. The maximum absolute atomic E-state index is 15.1. The van der Waals surface area contributed by atoms with Crippen LogP contribution in [0.1, 0.15) is 81.0 Å². The number of aliphatic carboxylic acids is 2. The van der Waals surface area contributed by atoms with Crippen molar-refractivity contribution in [2.45, 2.75) is 66.2 Å². The molecular weight excluding hydrogens is 2070 g/mol. The molecule has 114 heavy (non-hydrogen) atoms. The maximum Gasteiger partial charge on any atom is 0.372 e. The number of hydrogen-bond acceptors (Lipinski definition) is 18. The summed E-state index contributed by atoms with van der Waals surface area (Å²) in [6.07, 6.45) is 2.85. The number of anilines is 4. The number of rotatable bonds is 16. The van der Waals surface area contributed by atoms with Gasteiger partial charge in [-0.3, -0.25) is 74.4 Å². The summed E-state index contributed by atoms with van der Waals surface area (Å²) in [5.74, 6) is -7.93. The number of aromatic amines is 1. The van der Waals surface area contributed by atoms with E-state index in [2.05, 4.69) is 79.5 Å². The van der Waals surface area contributed by atoms with Crippen molar-refractivity contribution in [2.75, 3.05) is 54.2 Å². The Balaban J connectivity index is 0.000000200. The fourth-order valence-corrected chi connectivity index (χ4v) is 14.8. The Morgan fingerprint density at radius 3 is 1.74 bits per heavy atom. The van der Waals surface area contributed by atoms with Crippen LogP contribution in [0.15, 0.2) is 140 Å². The molecule has 13 rings (SSSR count). The Bertz CT molecular complexity index is 5320. The van der Waals surface area contributed by atoms with Gasteiger partial charge in [-0.2, -0.15) is 5.06 Å². The molecule has 0 aliphatic carbocycles. The van der Waals surface area contributed by atoms with Gasteiger partial charge in [0.2, 0.25) is 11.7 Å². The first-order valence-electron chi connectivity index (χ1n) is 33.7. The third-order valence-corrected chi connectivity index (χ3v) is 22.8. The number of nitro benzene ring substituents is 4. The van der Waals surface area contributed by atoms with Gasteiger partial charge < -0.3 is 41.4 Å². The molecule has 0 unspecified atom stereocenters. The number of nitrogens with one attached hydrogen (secondary N) is 3. The second-order valence-corrected chi connectivity index (χ2v) is 30.3. The molecule has 0 radical (unpaired) electrons. The van der Waals surface area contributed by atoms with Crippen molar-refractivity contribution < 1.29 is 86.2 Å². The number of fused-ring (bicyclic) bond motifs is 4. The van der Waals surface area contributed by atoms with E-state index in [1.165, 1.54) is 66.7 Å². The number of nitrogens with two attached hydrogens (primary N) is 1. The number of carbonyl (C=O) groups is 7. The van der Waals surface area contributed by atoms with Crippen LogP contribution in [-0.4, -0.2) is 124 Å². The lowest BCUT2D eigenvalue weighted by Gasteiger charge is -2.25. The van der Waals surface area contributed by atoms with Gasteiger partial charge in [-0.25, -0.2) is 22.4 Å². The largest absolute Gasteiger partial charge is 0.481 e. The molecule has 9 aromatic rings. The van der Waals surface area contributed by atoms with E-state index in [9.17, 15) is 92.4 Å². The SMILES string of the molecule is CCN(CC)CCN1CCCc2[nH]c(/C=C3\C(=O)Nc4ccc(F)c(-c5cccc(F)c5F)c43)c(C)c2C1=O.Cc1c(I)cccc1[N+](=O)[O-].Nc1cccc([N+](=O)[O-])c1.O=C(O)C(=O)Cc1c(I)cccc1[N+](=O)[O-].O=C(O)Cc1c(I)cccc1[N+](=O)[O-].O=C1Cc2c(I)cccc2N1O.O=C1Cc2c(ccc(F)c2I)N1. The van der Waals surface area contributed by atoms with Crippen molar-refractivity contribution >= 4 is 211 Å². The number of ketones is 1. The molecule has 596 valence electrons. The van der Waals surface area contributed by atoms with E-state index in [-0.39, 0.29) is 91.0 Å². The highest BCUT2D eigenvalue weighted by Crippen LogP contribution is 2.44. The molecular formula is C76H66F4I5N11O18. The number of benzene rings is 8. The number of nitrogen functional groups attached to an aromatic ring is 1. The minimum atomic E-state index is -1.59. The van der Waals surface area contributed by atoms with Crippen LogP contribution >= 0.6 is 113 Å². The zero-order chi connectivity index (χ0) is 84.3. The van der Waals surface area contributed by atoms with E-state index in [4.69, 9.17) is 15.9 Å². The van der Waals surface area contributed by atoms with Crippen molar-refractivity contribution in [2.24, 2.45) is 0 Å². The molecule has 0 bridgehead atoms. The number of hydrogen-bond donors (Lipinski definition) is 7. The summed E-state index contributed by atoms with van der Waals surface area (Å²) in [6.45, 7) is 11.7. The lowest BCUT2D eigenvalue weighted by Crippen LogP contribution is -2.38. The molecule has 1 aromatic heterocycles. The fourth-order valence-electron chi connectivity index (χ4n) is 11.7. The van der Waals surface area contributed by atoms with Crippen molar-refractivity contribution in [3.05, 3.63) is 277 Å². The van der Waals surface area contributed by atoms with Crippen LogP contribution < -0.4 is 21.4 Å². The molecule has 0 spiro atoms. The predicted molar refractivity (Wildman–Crippen MR) is 457 cm³/mol. The number of nitro groups is 4. The summed E-state index contributed by atoms with van der Waals surface area (Å²) in [5, 5.41) is 74.1. The first-order chi connectivity index (χ1) is 53.9. The van der Waals surface area contributed by atoms with Crippen LogP contribution in [0, 0.1) is 95.4 Å². The molecule has 0 saturated heterocycles. The van der Waals surface area contributed by atoms with Gasteiger partial charge in [0.25, 0.3) is 40.5 Å². The van der Waals surface area contributed by atoms with Gasteiger partial charge in [-0.1, -0.05) is 56.3 Å². The van der Waals surface area contributed by atoms with Crippen molar-refractivity contribution in [3.8, 4) is 11.1 Å². The Morgan fingerprint density at radius 1 is 0.614 bits per heavy atom. The van der Waals surface area contributed by atoms with Crippen LogP contribution in [0.5, 0.6) is 0 Å². The van der Waals surface area contributed by atoms with E-state index in [1.807, 2.05) is 97.8 Å². The lowest BCUT2D eigenvalue weighted by molar-refractivity contribution is -0.385. The second-order valence-electron chi connectivity index (χ2n) is 24.6. The molecule has 29 nitrogen and oxygen atoms in total. The number of non-ortho nitro benzene ring substituents is 1. The van der Waals surface area contributed by atoms with Crippen LogP contribution in [0.25, 0.3) is 22.8 Å². The standard InChI is InChI=1S/C30H31F3N4O2.C9H6INO5.C8H5FINO.C8H6INO4.C8H6INO2.C7H6INO2.C6H6N2O2/c1-4-36(5-2)14-15-37-13-7-10-22-25(30(37)39)17(3)24(34-22)16-19-27-23(35-29(19)38)12-11-20(31)26(27)18-8-6-9-21(32)28(18)33;10-6-2-1-3-7(11(15)16)5(6)4-8(12)9(13)14;9-5-1-2-6-4(8(5)10)3-7(12)11-6;9-6-2-1-3-7(10(13)14)5(6)4-8(11)12;9-6-2-1-3-7-5(6)4-8(11)10(7)12;1-5-6(8)3-2-4-7(5)9(10)11;7-5-2-1-3-6(4-5)8(9)10/h6,8-9,11-12,16,34H,4-5,7,10,13-15H2,1-3H3,(H,35,38);1-3H,4H2,(H,13,14);1-2H,3H2,(H,11,12);1-3H,4H2,(H,11,12);1-3,12H,4H2;2-4H,1H3;1-4H,7H2/b19-16-;;;;;;. The molecule has 0 saturated carbocycles. The summed E-state index contributed by atoms with van der Waals surface area (Å²) in [4.78, 5) is 128. The average molecular weight is 2130 g/mol. The van der Waals surface area contributed by atoms with Gasteiger partial charge in [0.05, 0.1) is 76.9 Å². The van der Waals surface area contributed by atoms with Gasteiger partial charge in [0.1, 0.15) is 11.6 Å². The molecule has 0 atom stereocenters. The van der Waals surface area contributed by atoms with Crippen LogP contribution in [0.2, 0.25) is 0 Å². The molecule has 4 aliphatic heterocycles. The van der Waals surface area contributed by atoms with Gasteiger partial charge in [0.15, 0.2) is 11.6 Å². The van der Waals surface area contributed by atoms with Gasteiger partial charge >= 0.3 is 11.9 Å². The Labute approximate surface area is 714 Å². The fraction of sp³-hybridized carbons (Fsp3) is 0.197. The number of aryl methyl sites for hydroxylation is 1. The number of amides is 4. The van der Waals surface area contributed by atoms with E-state index in [0.29, 0.717) is 76.9 Å². The molecule has 8 N–H and O–H groups in total. The third-order valence-electron chi connectivity index (χ3n) is 17.4. The normalized spacial score (nSPS) is 12.9. The highest BCUT2D eigenvalue weighted by Gasteiger charge is 2.34. The molecule has 38 heteroatoms. The number of nitrogens with zero attached hydrogens (tertiary/aromatic N) is 7. The van der Waals surface area contributed by atoms with E-state index < -0.39 is 62.3 Å². The van der Waals surface area contributed by atoms with E-state index >= 15 is 4.39 Å². The minimum Gasteiger partial charge on any atom is -0.481 e. The highest BCUT2D eigenvalue weighted by atomic mass is 127. The first-order valence-corrected chi connectivity index (χ1v) is 39.1. The summed E-state index contributed by atoms with van der Waals surface area (Å²) in [5.41, 5.74) is 12.5. The van der Waals surface area contributed by atoms with E-state index in [0.717, 1.165) is 78.5 Å². The molecule has 0 fully saturated rings. The summed E-state index contributed by atoms with van der Waals surface area (Å²) < 4.78 is 60.5. The zero-order valence-electron chi connectivity index (χ0n) is 60.2. The van der Waals surface area contributed by atoms with Crippen LogP contribution in [0.3, 0.4) is 0 Å². The Kier molecular flexibility index (Phi) is 33.4. The summed E-state index contributed by atoms with van der Waals surface area (Å²) in [6, 6.07) is 34.2. The zero-order valence-corrected chi connectivity index (χ0v) is 71.0. The number of likely N-dealkylation sites (N-methyl/N-ethyl adjacent to an activating group) is 1. The molecule has 4 amide bonds. The van der Waals surface area contributed by atoms with E-state index in [1.54, 1.807) is 55.5 Å². The molecule has 8 aromatic carbocycles. The number of H-pyrrole nitrogens is 1. The second kappa shape index (κ2) is 41.8. The topological polar surface area (TPSA) is 428 Å². The lowest BCUT2D eigenvalue weighted by atomic mass is 9.93. The number of carboxylic acid groups (broad SMARTS) is 2. The average Bonchev–Trinajstić information content (AvgIpc) is 1.59. The van der Waals surface area contributed by atoms with Gasteiger partial charge in [-0.05, 0) is 231 Å². The van der Waals surface area contributed by atoms with Crippen LogP contribution in [0.4, 0.5) is 63.1 Å². The van der Waals surface area contributed by atoms with Crippen molar-refractivity contribution in [1.82, 2.24) is 14.8 Å². The smallest absolute Gasteiger partial charge is 0.372 e. The summed E-state index contributed by atoms with van der Waals surface area (Å²) in [7, 11) is 0.